The molecule has 3 N–H and O–H groups in total. The molecule has 0 spiro atoms. The molecule has 8 nitrogen and oxygen atoms in total. The van der Waals surface area contributed by atoms with Crippen LogP contribution < -0.4 is 25.4 Å². The van der Waals surface area contributed by atoms with Crippen molar-refractivity contribution >= 4 is 46.9 Å². The predicted octanol–water partition coefficient (Wildman–Crippen LogP) is 8.20. The van der Waals surface area contributed by atoms with Crippen molar-refractivity contribution in [2.75, 3.05) is 24.9 Å². The highest BCUT2D eigenvalue weighted by atomic mass is 32.2. The lowest BCUT2D eigenvalue weighted by molar-refractivity contribution is -0.116. The maximum Gasteiger partial charge on any atom is 0.272 e. The fourth-order valence-corrected chi connectivity index (χ4v) is 6.18. The number of amides is 3. The third-order valence-electron chi connectivity index (χ3n) is 7.46. The van der Waals surface area contributed by atoms with Crippen molar-refractivity contribution in [3.63, 3.8) is 0 Å². The summed E-state index contributed by atoms with van der Waals surface area (Å²) in [5.41, 5.74) is 5.19. The highest BCUT2D eigenvalue weighted by Crippen LogP contribution is 2.37. The standard InChI is InChI=1S/C40H37N3O5S/c1-26-21-27(2)23-32(22-26)42-40(46)37(28-11-7-5-8-12-28)49-34-18-15-31(16-19-34)41-39(45)35(43-38(44)29-13-9-6-10-14-29)25-30-24-33(47-3)17-20-36(30)48-4/h5-25,37H,1-4H3,(H,41,45)(H,42,46)(H,43,44)/b35-25-. The molecule has 0 bridgehead atoms. The first-order valence-corrected chi connectivity index (χ1v) is 16.4. The zero-order valence-corrected chi connectivity index (χ0v) is 28.5. The van der Waals surface area contributed by atoms with E-state index in [-0.39, 0.29) is 11.6 Å². The molecule has 0 fully saturated rings. The van der Waals surface area contributed by atoms with Gasteiger partial charge in [-0.3, -0.25) is 14.4 Å². The second-order valence-corrected chi connectivity index (χ2v) is 12.4. The number of carbonyl (C=O) groups excluding carboxylic acids is 3. The zero-order valence-electron chi connectivity index (χ0n) is 27.7. The lowest BCUT2D eigenvalue weighted by atomic mass is 10.1. The molecular formula is C40H37N3O5S. The Morgan fingerprint density at radius 2 is 1.35 bits per heavy atom. The van der Waals surface area contributed by atoms with Gasteiger partial charge in [-0.2, -0.15) is 0 Å². The molecule has 49 heavy (non-hydrogen) atoms. The minimum Gasteiger partial charge on any atom is -0.497 e. The van der Waals surface area contributed by atoms with Crippen molar-refractivity contribution in [2.24, 2.45) is 0 Å². The molecule has 248 valence electrons. The normalized spacial score (nSPS) is 11.6. The number of benzene rings is 5. The van der Waals surface area contributed by atoms with Gasteiger partial charge in [0.25, 0.3) is 11.8 Å². The number of methoxy groups -OCH3 is 2. The summed E-state index contributed by atoms with van der Waals surface area (Å²) in [6, 6.07) is 36.6. The van der Waals surface area contributed by atoms with Crippen LogP contribution in [0.2, 0.25) is 0 Å². The Balaban J connectivity index is 1.37. The van der Waals surface area contributed by atoms with Crippen LogP contribution in [0.15, 0.2) is 132 Å². The maximum atomic E-state index is 13.7. The number of anilines is 2. The van der Waals surface area contributed by atoms with E-state index in [1.807, 2.05) is 74.5 Å². The van der Waals surface area contributed by atoms with E-state index in [9.17, 15) is 14.4 Å². The van der Waals surface area contributed by atoms with Crippen LogP contribution in [0.1, 0.15) is 37.9 Å². The highest BCUT2D eigenvalue weighted by molar-refractivity contribution is 8.00. The first kappa shape index (κ1) is 34.5. The van der Waals surface area contributed by atoms with Crippen molar-refractivity contribution in [1.82, 2.24) is 5.32 Å². The molecular weight excluding hydrogens is 635 g/mol. The molecule has 1 unspecified atom stereocenters. The van der Waals surface area contributed by atoms with Gasteiger partial charge in [-0.25, -0.2) is 0 Å². The van der Waals surface area contributed by atoms with Crippen LogP contribution in [0, 0.1) is 13.8 Å². The van der Waals surface area contributed by atoms with E-state index in [1.54, 1.807) is 67.8 Å². The third-order valence-corrected chi connectivity index (χ3v) is 8.73. The van der Waals surface area contributed by atoms with Crippen LogP contribution in [-0.4, -0.2) is 31.9 Å². The summed E-state index contributed by atoms with van der Waals surface area (Å²) in [5.74, 6) is -0.0663. The van der Waals surface area contributed by atoms with Gasteiger partial charge in [0.15, 0.2) is 0 Å². The maximum absolute atomic E-state index is 13.7. The number of hydrogen-bond acceptors (Lipinski definition) is 6. The summed E-state index contributed by atoms with van der Waals surface area (Å²) >= 11 is 1.41. The lowest BCUT2D eigenvalue weighted by Crippen LogP contribution is -2.30. The lowest BCUT2D eigenvalue weighted by Gasteiger charge is -2.18. The molecule has 9 heteroatoms. The van der Waals surface area contributed by atoms with Crippen LogP contribution in [0.3, 0.4) is 0 Å². The van der Waals surface area contributed by atoms with Gasteiger partial charge >= 0.3 is 0 Å². The highest BCUT2D eigenvalue weighted by Gasteiger charge is 2.23. The molecule has 1 atom stereocenters. The minimum absolute atomic E-state index is 0.00561. The first-order chi connectivity index (χ1) is 23.7. The van der Waals surface area contributed by atoms with Crippen molar-refractivity contribution in [3.05, 3.63) is 155 Å². The van der Waals surface area contributed by atoms with Crippen LogP contribution in [0.25, 0.3) is 6.08 Å². The molecule has 0 heterocycles. The Labute approximate surface area is 290 Å². The topological polar surface area (TPSA) is 106 Å². The summed E-state index contributed by atoms with van der Waals surface area (Å²) in [7, 11) is 3.07. The van der Waals surface area contributed by atoms with Crippen LogP contribution in [0.4, 0.5) is 11.4 Å². The van der Waals surface area contributed by atoms with E-state index >= 15 is 0 Å². The summed E-state index contributed by atoms with van der Waals surface area (Å²) in [4.78, 5) is 41.2. The second-order valence-electron chi connectivity index (χ2n) is 11.2. The van der Waals surface area contributed by atoms with Crippen molar-refractivity contribution in [2.45, 2.75) is 24.0 Å². The number of nitrogens with one attached hydrogen (secondary N) is 3. The van der Waals surface area contributed by atoms with Gasteiger partial charge in [0.2, 0.25) is 5.91 Å². The molecule has 5 aromatic carbocycles. The molecule has 0 aliphatic heterocycles. The molecule has 5 aromatic rings. The quantitative estimate of drug-likeness (QED) is 0.0913. The Kier molecular flexibility index (Phi) is 11.5. The smallest absolute Gasteiger partial charge is 0.272 e. The molecule has 0 aliphatic rings. The fraction of sp³-hybridized carbons (Fsp3) is 0.125. The molecule has 3 amide bonds. The number of thioether (sulfide) groups is 1. The van der Waals surface area contributed by atoms with Gasteiger partial charge in [-0.15, -0.1) is 11.8 Å². The first-order valence-electron chi connectivity index (χ1n) is 15.5. The SMILES string of the molecule is COc1ccc(OC)c(/C=C(\NC(=O)c2ccccc2)C(=O)Nc2ccc(SC(C(=O)Nc3cc(C)cc(C)c3)c3ccccc3)cc2)c1. The Morgan fingerprint density at radius 1 is 0.694 bits per heavy atom. The average molecular weight is 672 g/mol. The van der Waals surface area contributed by atoms with E-state index in [0.29, 0.717) is 28.3 Å². The second kappa shape index (κ2) is 16.3. The zero-order chi connectivity index (χ0) is 34.8. The van der Waals surface area contributed by atoms with E-state index < -0.39 is 17.1 Å². The molecule has 0 aliphatic carbocycles. The van der Waals surface area contributed by atoms with Crippen molar-refractivity contribution in [1.29, 1.82) is 0 Å². The van der Waals surface area contributed by atoms with E-state index in [2.05, 4.69) is 22.0 Å². The Hall–Kier alpha value is -5.80. The molecule has 0 radical (unpaired) electrons. The van der Waals surface area contributed by atoms with Gasteiger partial charge < -0.3 is 25.4 Å². The molecule has 5 rings (SSSR count). The van der Waals surface area contributed by atoms with E-state index in [4.69, 9.17) is 9.47 Å². The number of rotatable bonds is 12. The molecule has 0 saturated carbocycles. The summed E-state index contributed by atoms with van der Waals surface area (Å²) in [6.45, 7) is 4.00. The van der Waals surface area contributed by atoms with Crippen LogP contribution in [-0.2, 0) is 9.59 Å². The predicted molar refractivity (Wildman–Crippen MR) is 196 cm³/mol. The Morgan fingerprint density at radius 3 is 1.98 bits per heavy atom. The average Bonchev–Trinajstić information content (AvgIpc) is 3.11. The minimum atomic E-state index is -0.537. The number of ether oxygens (including phenoxy) is 2. The number of hydrogen-bond donors (Lipinski definition) is 3. The fourth-order valence-electron chi connectivity index (χ4n) is 5.16. The van der Waals surface area contributed by atoms with Gasteiger partial charge in [-0.05, 0) is 103 Å². The summed E-state index contributed by atoms with van der Waals surface area (Å²) < 4.78 is 10.9. The van der Waals surface area contributed by atoms with Gasteiger partial charge in [-0.1, -0.05) is 54.6 Å². The van der Waals surface area contributed by atoms with E-state index in [1.165, 1.54) is 18.9 Å². The largest absolute Gasteiger partial charge is 0.497 e. The monoisotopic (exact) mass is 671 g/mol. The molecule has 0 saturated heterocycles. The third kappa shape index (κ3) is 9.39. The van der Waals surface area contributed by atoms with E-state index in [0.717, 1.165) is 27.3 Å². The number of aryl methyl sites for hydroxylation is 2. The number of carbonyl (C=O) groups is 3. The van der Waals surface area contributed by atoms with Crippen LogP contribution >= 0.6 is 11.8 Å². The van der Waals surface area contributed by atoms with Crippen molar-refractivity contribution in [3.8, 4) is 11.5 Å². The summed E-state index contributed by atoms with van der Waals surface area (Å²) in [5, 5.41) is 8.19. The molecule has 0 aromatic heterocycles. The van der Waals surface area contributed by atoms with Gasteiger partial charge in [0.1, 0.15) is 22.4 Å². The Bertz CT molecular complexity index is 1940. The summed E-state index contributed by atoms with van der Waals surface area (Å²) in [6.07, 6.45) is 1.54. The van der Waals surface area contributed by atoms with Gasteiger partial charge in [0.05, 0.1) is 14.2 Å². The van der Waals surface area contributed by atoms with Crippen molar-refractivity contribution < 1.29 is 23.9 Å². The van der Waals surface area contributed by atoms with Gasteiger partial charge in [0, 0.05) is 27.4 Å². The van der Waals surface area contributed by atoms with Crippen LogP contribution in [0.5, 0.6) is 11.5 Å².